The zero-order chi connectivity index (χ0) is 16.0. The molecule has 2 heteroatoms. The number of methoxy groups -OCH3 is 2. The highest BCUT2D eigenvalue weighted by molar-refractivity contribution is 5.29. The molecule has 0 aliphatic carbocycles. The first-order valence-corrected chi connectivity index (χ1v) is 6.37. The molecule has 0 saturated carbocycles. The summed E-state index contributed by atoms with van der Waals surface area (Å²) < 4.78 is 31.2. The summed E-state index contributed by atoms with van der Waals surface area (Å²) in [5.41, 5.74) is 2.42. The minimum Gasteiger partial charge on any atom is -0.497 e. The topological polar surface area (TPSA) is 18.5 Å². The fourth-order valence-corrected chi connectivity index (χ4v) is 2.05. The average Bonchev–Trinajstić information content (AvgIpc) is 2.48. The fourth-order valence-electron chi connectivity index (χ4n) is 2.05. The average molecular weight is 259 g/mol. The molecule has 0 spiro atoms. The Kier molecular flexibility index (Phi) is 3.56. The van der Waals surface area contributed by atoms with Crippen LogP contribution in [0.5, 0.6) is 11.5 Å². The number of hydrogen-bond donors (Lipinski definition) is 0. The van der Waals surface area contributed by atoms with E-state index >= 15 is 0 Å². The quantitative estimate of drug-likeness (QED) is 0.784. The second-order valence-corrected chi connectivity index (χ2v) is 4.45. The van der Waals surface area contributed by atoms with Gasteiger partial charge in [-0.15, -0.1) is 0 Å². The second-order valence-electron chi connectivity index (χ2n) is 4.45. The van der Waals surface area contributed by atoms with Crippen LogP contribution in [-0.2, 0) is 12.8 Å². The normalized spacial score (nSPS) is 13.2. The molecule has 2 rings (SSSR count). The van der Waals surface area contributed by atoms with Gasteiger partial charge in [-0.25, -0.2) is 0 Å². The van der Waals surface area contributed by atoms with Gasteiger partial charge in [-0.05, 0) is 54.7 Å². The van der Waals surface area contributed by atoms with Gasteiger partial charge >= 0.3 is 0 Å². The van der Waals surface area contributed by atoms with Gasteiger partial charge in [0.25, 0.3) is 0 Å². The molecule has 0 heterocycles. The van der Waals surface area contributed by atoms with E-state index in [1.807, 2.05) is 30.3 Å². The van der Waals surface area contributed by atoms with Gasteiger partial charge in [0.2, 0.25) is 0 Å². The molecule has 0 aliphatic rings. The molecule has 0 radical (unpaired) electrons. The monoisotopic (exact) mass is 259 g/mol. The largest absolute Gasteiger partial charge is 0.497 e. The molecule has 0 saturated heterocycles. The molecule has 2 aromatic carbocycles. The van der Waals surface area contributed by atoms with Gasteiger partial charge in [0.05, 0.1) is 18.3 Å². The number of benzene rings is 2. The van der Waals surface area contributed by atoms with Crippen LogP contribution in [0, 0.1) is 0 Å². The van der Waals surface area contributed by atoms with Crippen LogP contribution in [0.2, 0.25) is 0 Å². The standard InChI is InChI=1S/C17H20O2/c1-18-16-11-9-14(10-12-16)5-3-6-15-7-4-8-17(13-15)19-2/h4,7-13H,3,5-6H2,1-2H3/i1D3. The Morgan fingerprint density at radius 1 is 0.895 bits per heavy atom. The summed E-state index contributed by atoms with van der Waals surface area (Å²) >= 11 is 0. The number of aryl methyl sites for hydroxylation is 2. The maximum absolute atomic E-state index is 7.06. The molecule has 100 valence electrons. The highest BCUT2D eigenvalue weighted by Crippen LogP contribution is 2.16. The van der Waals surface area contributed by atoms with Gasteiger partial charge in [-0.2, -0.15) is 0 Å². The van der Waals surface area contributed by atoms with E-state index < -0.39 is 7.04 Å². The lowest BCUT2D eigenvalue weighted by molar-refractivity contribution is 0.414. The maximum atomic E-state index is 7.06. The molecule has 0 bridgehead atoms. The van der Waals surface area contributed by atoms with E-state index in [1.165, 1.54) is 11.1 Å². The molecule has 2 aromatic rings. The Morgan fingerprint density at radius 2 is 1.68 bits per heavy atom. The summed E-state index contributed by atoms with van der Waals surface area (Å²) in [6.45, 7) is 0. The van der Waals surface area contributed by atoms with Gasteiger partial charge in [0, 0.05) is 0 Å². The Bertz CT molecular complexity index is 592. The summed E-state index contributed by atoms with van der Waals surface area (Å²) in [6.07, 6.45) is 2.93. The Balaban J connectivity index is 1.84. The van der Waals surface area contributed by atoms with E-state index in [4.69, 9.17) is 13.6 Å². The van der Waals surface area contributed by atoms with Crippen LogP contribution in [0.3, 0.4) is 0 Å². The maximum Gasteiger partial charge on any atom is 0.119 e. The summed E-state index contributed by atoms with van der Waals surface area (Å²) in [4.78, 5) is 0. The Labute approximate surface area is 119 Å². The van der Waals surface area contributed by atoms with E-state index in [0.717, 1.165) is 25.0 Å². The zero-order valence-electron chi connectivity index (χ0n) is 14.1. The molecule has 0 fully saturated rings. The van der Waals surface area contributed by atoms with Crippen LogP contribution in [0.15, 0.2) is 48.5 Å². The third kappa shape index (κ3) is 4.02. The van der Waals surface area contributed by atoms with Crippen molar-refractivity contribution in [2.24, 2.45) is 0 Å². The van der Waals surface area contributed by atoms with Crippen molar-refractivity contribution in [2.45, 2.75) is 19.3 Å². The first kappa shape index (κ1) is 9.90. The van der Waals surface area contributed by atoms with Crippen LogP contribution in [-0.4, -0.2) is 14.1 Å². The first-order valence-electron chi connectivity index (χ1n) is 7.87. The van der Waals surface area contributed by atoms with Crippen molar-refractivity contribution in [3.63, 3.8) is 0 Å². The molecular weight excluding hydrogens is 236 g/mol. The number of hydrogen-bond acceptors (Lipinski definition) is 2. The highest BCUT2D eigenvalue weighted by Gasteiger charge is 1.98. The Morgan fingerprint density at radius 3 is 2.42 bits per heavy atom. The van der Waals surface area contributed by atoms with E-state index in [9.17, 15) is 0 Å². The third-order valence-electron chi connectivity index (χ3n) is 3.11. The summed E-state index contributed by atoms with van der Waals surface area (Å²) in [7, 11) is -0.726. The highest BCUT2D eigenvalue weighted by atomic mass is 16.5. The lowest BCUT2D eigenvalue weighted by Gasteiger charge is -2.05. The van der Waals surface area contributed by atoms with Crippen LogP contribution < -0.4 is 9.47 Å². The van der Waals surface area contributed by atoms with Crippen molar-refractivity contribution in [1.29, 1.82) is 0 Å². The van der Waals surface area contributed by atoms with Crippen LogP contribution in [0.4, 0.5) is 0 Å². The fraction of sp³-hybridized carbons (Fsp3) is 0.294. The van der Waals surface area contributed by atoms with E-state index in [1.54, 1.807) is 19.2 Å². The molecule has 2 nitrogen and oxygen atoms in total. The third-order valence-corrected chi connectivity index (χ3v) is 3.11. The van der Waals surface area contributed by atoms with Crippen molar-refractivity contribution in [3.8, 4) is 11.5 Å². The van der Waals surface area contributed by atoms with Crippen LogP contribution in [0.1, 0.15) is 21.7 Å². The molecule has 0 aromatic heterocycles. The van der Waals surface area contributed by atoms with Crippen molar-refractivity contribution in [2.75, 3.05) is 14.1 Å². The molecule has 0 unspecified atom stereocenters. The van der Waals surface area contributed by atoms with E-state index in [-0.39, 0.29) is 0 Å². The summed E-state index contributed by atoms with van der Waals surface area (Å²) in [5.74, 6) is 1.25. The van der Waals surface area contributed by atoms with Gasteiger partial charge < -0.3 is 9.47 Å². The molecule has 19 heavy (non-hydrogen) atoms. The van der Waals surface area contributed by atoms with Gasteiger partial charge in [0.1, 0.15) is 11.5 Å². The lowest BCUT2D eigenvalue weighted by atomic mass is 10.0. The SMILES string of the molecule is [2H]C([2H])([2H])Oc1ccc(CCCc2cccc(OC)c2)cc1. The van der Waals surface area contributed by atoms with Crippen molar-refractivity contribution >= 4 is 0 Å². The van der Waals surface area contributed by atoms with Gasteiger partial charge in [0.15, 0.2) is 0 Å². The minimum absolute atomic E-state index is 0.372. The molecule has 0 atom stereocenters. The Hall–Kier alpha value is -1.96. The number of rotatable bonds is 6. The van der Waals surface area contributed by atoms with E-state index in [2.05, 4.69) is 6.07 Å². The van der Waals surface area contributed by atoms with E-state index in [0.29, 0.717) is 5.75 Å². The molecular formula is C17H20O2. The van der Waals surface area contributed by atoms with Gasteiger partial charge in [-0.1, -0.05) is 24.3 Å². The number of ether oxygens (including phenoxy) is 2. The molecule has 0 amide bonds. The predicted molar refractivity (Wildman–Crippen MR) is 78.0 cm³/mol. The molecule has 0 N–H and O–H groups in total. The smallest absolute Gasteiger partial charge is 0.119 e. The zero-order valence-corrected chi connectivity index (χ0v) is 11.1. The predicted octanol–water partition coefficient (Wildman–Crippen LogP) is 3.88. The van der Waals surface area contributed by atoms with Crippen molar-refractivity contribution in [1.82, 2.24) is 0 Å². The van der Waals surface area contributed by atoms with Gasteiger partial charge in [-0.3, -0.25) is 0 Å². The minimum atomic E-state index is -2.39. The van der Waals surface area contributed by atoms with Crippen molar-refractivity contribution < 1.29 is 13.6 Å². The second kappa shape index (κ2) is 6.83. The lowest BCUT2D eigenvalue weighted by Crippen LogP contribution is -1.91. The summed E-state index contributed by atoms with van der Waals surface area (Å²) in [6, 6.07) is 15.3. The molecule has 0 aliphatic heterocycles. The first-order chi connectivity index (χ1) is 10.5. The summed E-state index contributed by atoms with van der Waals surface area (Å²) in [5, 5.41) is 0. The van der Waals surface area contributed by atoms with Crippen LogP contribution in [0.25, 0.3) is 0 Å². The van der Waals surface area contributed by atoms with Crippen molar-refractivity contribution in [3.05, 3.63) is 59.7 Å². The van der Waals surface area contributed by atoms with Crippen LogP contribution >= 0.6 is 0 Å².